The molecular weight excluding hydrogens is 174 g/mol. The average Bonchev–Trinajstić information content (AvgIpc) is 2.30. The van der Waals surface area contributed by atoms with Crippen LogP contribution in [-0.2, 0) is 4.74 Å². The molecule has 1 saturated heterocycles. The molecule has 1 atom stereocenters. The molecule has 1 aromatic rings. The van der Waals surface area contributed by atoms with Gasteiger partial charge in [-0.05, 0) is 24.3 Å². The van der Waals surface area contributed by atoms with E-state index in [4.69, 9.17) is 10.5 Å². The number of nitrogens with two attached hydrogens (primary N) is 1. The predicted molar refractivity (Wildman–Crippen MR) is 56.9 cm³/mol. The highest BCUT2D eigenvalue weighted by atomic mass is 16.5. The van der Waals surface area contributed by atoms with E-state index < -0.39 is 0 Å². The summed E-state index contributed by atoms with van der Waals surface area (Å²) in [4.78, 5) is 0. The Labute approximate surface area is 85.1 Å². The fourth-order valence-corrected chi connectivity index (χ4v) is 2.02. The van der Waals surface area contributed by atoms with Crippen molar-refractivity contribution < 1.29 is 4.74 Å². The van der Waals surface area contributed by atoms with Crippen molar-refractivity contribution >= 4 is 0 Å². The van der Waals surface area contributed by atoms with Gasteiger partial charge >= 0.3 is 0 Å². The molecule has 2 N–H and O–H groups in total. The van der Waals surface area contributed by atoms with Gasteiger partial charge in [-0.25, -0.2) is 0 Å². The van der Waals surface area contributed by atoms with Gasteiger partial charge in [0.25, 0.3) is 0 Å². The number of rotatable bonds is 2. The number of benzene rings is 1. The Bertz CT molecular complexity index is 267. The van der Waals surface area contributed by atoms with Gasteiger partial charge in [0.1, 0.15) is 0 Å². The minimum absolute atomic E-state index is 0.181. The highest BCUT2D eigenvalue weighted by Gasteiger charge is 2.21. The standard InChI is InChI=1S/C12H17NO/c13-12(10-4-2-1-3-5-10)11-6-8-14-9-7-11/h1-5,11-12H,6-9,13H2. The van der Waals surface area contributed by atoms with Crippen molar-refractivity contribution in [3.63, 3.8) is 0 Å². The number of hydrogen-bond acceptors (Lipinski definition) is 2. The molecule has 0 aliphatic carbocycles. The monoisotopic (exact) mass is 191 g/mol. The molecule has 0 saturated carbocycles. The molecule has 76 valence electrons. The summed E-state index contributed by atoms with van der Waals surface area (Å²) in [6, 6.07) is 10.5. The van der Waals surface area contributed by atoms with Crippen LogP contribution in [0.25, 0.3) is 0 Å². The molecule has 2 rings (SSSR count). The summed E-state index contributed by atoms with van der Waals surface area (Å²) in [5.41, 5.74) is 7.46. The summed E-state index contributed by atoms with van der Waals surface area (Å²) in [5, 5.41) is 0. The zero-order valence-electron chi connectivity index (χ0n) is 8.36. The molecule has 14 heavy (non-hydrogen) atoms. The normalized spacial score (nSPS) is 20.6. The zero-order chi connectivity index (χ0) is 9.80. The van der Waals surface area contributed by atoms with Crippen molar-refractivity contribution in [3.05, 3.63) is 35.9 Å². The molecule has 1 aliphatic heterocycles. The fourth-order valence-electron chi connectivity index (χ4n) is 2.02. The third-order valence-electron chi connectivity index (χ3n) is 2.96. The zero-order valence-corrected chi connectivity index (χ0v) is 8.36. The summed E-state index contributed by atoms with van der Waals surface area (Å²) in [5.74, 6) is 0.589. The van der Waals surface area contributed by atoms with Crippen molar-refractivity contribution in [2.24, 2.45) is 11.7 Å². The van der Waals surface area contributed by atoms with E-state index in [1.165, 1.54) is 5.56 Å². The van der Waals surface area contributed by atoms with Crippen molar-refractivity contribution in [2.45, 2.75) is 18.9 Å². The van der Waals surface area contributed by atoms with Gasteiger partial charge in [0.2, 0.25) is 0 Å². The molecule has 0 aromatic heterocycles. The molecule has 1 fully saturated rings. The van der Waals surface area contributed by atoms with E-state index in [1.807, 2.05) is 6.07 Å². The Morgan fingerprint density at radius 2 is 1.79 bits per heavy atom. The van der Waals surface area contributed by atoms with Crippen LogP contribution in [0.15, 0.2) is 30.3 Å². The smallest absolute Gasteiger partial charge is 0.0469 e. The van der Waals surface area contributed by atoms with E-state index in [1.54, 1.807) is 0 Å². The minimum Gasteiger partial charge on any atom is -0.381 e. The van der Waals surface area contributed by atoms with Crippen LogP contribution in [0, 0.1) is 5.92 Å². The van der Waals surface area contributed by atoms with Gasteiger partial charge in [-0.1, -0.05) is 30.3 Å². The fraction of sp³-hybridized carbons (Fsp3) is 0.500. The van der Waals surface area contributed by atoms with Gasteiger partial charge in [0.15, 0.2) is 0 Å². The van der Waals surface area contributed by atoms with Gasteiger partial charge < -0.3 is 10.5 Å². The van der Waals surface area contributed by atoms with Crippen LogP contribution in [-0.4, -0.2) is 13.2 Å². The first-order valence-corrected chi connectivity index (χ1v) is 5.26. The molecule has 1 heterocycles. The van der Waals surface area contributed by atoms with Gasteiger partial charge in [0.05, 0.1) is 0 Å². The largest absolute Gasteiger partial charge is 0.381 e. The number of hydrogen-bond donors (Lipinski definition) is 1. The van der Waals surface area contributed by atoms with E-state index in [-0.39, 0.29) is 6.04 Å². The van der Waals surface area contributed by atoms with E-state index in [9.17, 15) is 0 Å². The van der Waals surface area contributed by atoms with Crippen molar-refractivity contribution in [1.29, 1.82) is 0 Å². The van der Waals surface area contributed by atoms with Crippen LogP contribution in [0.3, 0.4) is 0 Å². The maximum Gasteiger partial charge on any atom is 0.0469 e. The van der Waals surface area contributed by atoms with Crippen LogP contribution >= 0.6 is 0 Å². The highest BCUT2D eigenvalue weighted by Crippen LogP contribution is 2.27. The summed E-state index contributed by atoms with van der Waals surface area (Å²) in [7, 11) is 0. The Hall–Kier alpha value is -0.860. The van der Waals surface area contributed by atoms with E-state index in [2.05, 4.69) is 24.3 Å². The minimum atomic E-state index is 0.181. The Kier molecular flexibility index (Phi) is 3.17. The van der Waals surface area contributed by atoms with Crippen LogP contribution in [0.1, 0.15) is 24.4 Å². The van der Waals surface area contributed by atoms with Crippen molar-refractivity contribution in [3.8, 4) is 0 Å². The lowest BCUT2D eigenvalue weighted by Crippen LogP contribution is -2.27. The lowest BCUT2D eigenvalue weighted by Gasteiger charge is -2.27. The molecule has 0 spiro atoms. The Morgan fingerprint density at radius 3 is 2.43 bits per heavy atom. The van der Waals surface area contributed by atoms with Crippen molar-refractivity contribution in [1.82, 2.24) is 0 Å². The van der Waals surface area contributed by atoms with Gasteiger partial charge in [-0.3, -0.25) is 0 Å². The first-order chi connectivity index (χ1) is 6.88. The molecule has 0 radical (unpaired) electrons. The van der Waals surface area contributed by atoms with E-state index in [0.717, 1.165) is 26.1 Å². The van der Waals surface area contributed by atoms with Crippen LogP contribution in [0.2, 0.25) is 0 Å². The molecular formula is C12H17NO. The van der Waals surface area contributed by atoms with E-state index >= 15 is 0 Å². The second-order valence-corrected chi connectivity index (χ2v) is 3.89. The predicted octanol–water partition coefficient (Wildman–Crippen LogP) is 2.11. The van der Waals surface area contributed by atoms with Crippen LogP contribution in [0.5, 0.6) is 0 Å². The second-order valence-electron chi connectivity index (χ2n) is 3.89. The SMILES string of the molecule is NC(c1ccccc1)C1CCOCC1. The van der Waals surface area contributed by atoms with E-state index in [0.29, 0.717) is 5.92 Å². The first kappa shape index (κ1) is 9.69. The average molecular weight is 191 g/mol. The van der Waals surface area contributed by atoms with Crippen LogP contribution < -0.4 is 5.73 Å². The topological polar surface area (TPSA) is 35.2 Å². The third-order valence-corrected chi connectivity index (χ3v) is 2.96. The molecule has 0 amide bonds. The maximum absolute atomic E-state index is 6.21. The molecule has 1 aromatic carbocycles. The van der Waals surface area contributed by atoms with Gasteiger partial charge in [-0.2, -0.15) is 0 Å². The Balaban J connectivity index is 2.03. The van der Waals surface area contributed by atoms with Gasteiger partial charge in [-0.15, -0.1) is 0 Å². The summed E-state index contributed by atoms with van der Waals surface area (Å²) >= 11 is 0. The lowest BCUT2D eigenvalue weighted by molar-refractivity contribution is 0.0584. The summed E-state index contributed by atoms with van der Waals surface area (Å²) < 4.78 is 5.33. The summed E-state index contributed by atoms with van der Waals surface area (Å²) in [6.07, 6.45) is 2.19. The van der Waals surface area contributed by atoms with Crippen LogP contribution in [0.4, 0.5) is 0 Å². The molecule has 1 unspecified atom stereocenters. The molecule has 2 nitrogen and oxygen atoms in total. The molecule has 0 bridgehead atoms. The number of ether oxygens (including phenoxy) is 1. The highest BCUT2D eigenvalue weighted by molar-refractivity contribution is 5.19. The lowest BCUT2D eigenvalue weighted by atomic mass is 9.88. The summed E-state index contributed by atoms with van der Waals surface area (Å²) in [6.45, 7) is 1.73. The van der Waals surface area contributed by atoms with Crippen molar-refractivity contribution in [2.75, 3.05) is 13.2 Å². The Morgan fingerprint density at radius 1 is 1.14 bits per heavy atom. The van der Waals surface area contributed by atoms with Gasteiger partial charge in [0, 0.05) is 19.3 Å². The third kappa shape index (κ3) is 2.14. The second kappa shape index (κ2) is 4.58. The maximum atomic E-state index is 6.21. The molecule has 1 aliphatic rings. The first-order valence-electron chi connectivity index (χ1n) is 5.26. The quantitative estimate of drug-likeness (QED) is 0.777. The molecule has 2 heteroatoms.